The fourth-order valence-electron chi connectivity index (χ4n) is 3.83. The van der Waals surface area contributed by atoms with Gasteiger partial charge in [0.2, 0.25) is 5.78 Å². The molecule has 8 heteroatoms. The third kappa shape index (κ3) is 2.91. The lowest BCUT2D eigenvalue weighted by Gasteiger charge is -2.09. The number of hydrogen-bond donors (Lipinski definition) is 1. The van der Waals surface area contributed by atoms with E-state index in [0.29, 0.717) is 29.9 Å². The van der Waals surface area contributed by atoms with E-state index in [1.807, 2.05) is 54.0 Å². The molecular weight excluding hydrogens is 370 g/mol. The van der Waals surface area contributed by atoms with Gasteiger partial charge in [-0.15, -0.1) is 0 Å². The summed E-state index contributed by atoms with van der Waals surface area (Å²) in [4.78, 5) is 30.9. The Morgan fingerprint density at radius 2 is 1.69 bits per heavy atom. The van der Waals surface area contributed by atoms with Crippen LogP contribution < -0.4 is 11.2 Å². The highest BCUT2D eigenvalue weighted by Gasteiger charge is 2.22. The normalized spacial score (nSPS) is 11.8. The van der Waals surface area contributed by atoms with Crippen LogP contribution in [0.3, 0.4) is 0 Å². The highest BCUT2D eigenvalue weighted by Crippen LogP contribution is 2.21. The average Bonchev–Trinajstić information content (AvgIpc) is 3.20. The Bertz CT molecular complexity index is 1340. The monoisotopic (exact) mass is 395 g/mol. The lowest BCUT2D eigenvalue weighted by Crippen LogP contribution is -2.39. The van der Waals surface area contributed by atoms with E-state index in [4.69, 9.17) is 0 Å². The van der Waals surface area contributed by atoms with E-state index < -0.39 is 0 Å². The Hall–Kier alpha value is -3.13. The van der Waals surface area contributed by atoms with Crippen molar-refractivity contribution in [2.75, 3.05) is 6.61 Å². The van der Waals surface area contributed by atoms with Crippen LogP contribution in [0.1, 0.15) is 28.9 Å². The van der Waals surface area contributed by atoms with Gasteiger partial charge in [0, 0.05) is 31.6 Å². The smallest absolute Gasteiger partial charge is 0.332 e. The summed E-state index contributed by atoms with van der Waals surface area (Å²) in [6.07, 6.45) is 0.588. The van der Waals surface area contributed by atoms with Crippen molar-refractivity contribution in [2.45, 2.75) is 40.3 Å². The average molecular weight is 395 g/mol. The van der Waals surface area contributed by atoms with Crippen LogP contribution in [0, 0.1) is 20.8 Å². The first-order chi connectivity index (χ1) is 13.8. The Labute approximate surface area is 167 Å². The van der Waals surface area contributed by atoms with E-state index in [0.717, 1.165) is 22.5 Å². The Kier molecular flexibility index (Phi) is 4.66. The van der Waals surface area contributed by atoms with Gasteiger partial charge in [0.1, 0.15) is 0 Å². The van der Waals surface area contributed by atoms with Crippen molar-refractivity contribution in [3.8, 4) is 0 Å². The van der Waals surface area contributed by atoms with E-state index in [1.54, 1.807) is 7.05 Å². The molecule has 8 nitrogen and oxygen atoms in total. The van der Waals surface area contributed by atoms with Crippen molar-refractivity contribution in [3.63, 3.8) is 0 Å². The highest BCUT2D eigenvalue weighted by atomic mass is 16.3. The van der Waals surface area contributed by atoms with Crippen molar-refractivity contribution in [1.82, 2.24) is 23.1 Å². The molecule has 0 unspecified atom stereocenters. The molecule has 0 atom stereocenters. The van der Waals surface area contributed by atoms with E-state index in [9.17, 15) is 14.7 Å². The number of benzene rings is 1. The molecule has 0 aliphatic rings. The molecule has 0 aliphatic heterocycles. The summed E-state index contributed by atoms with van der Waals surface area (Å²) in [6.45, 7) is 6.78. The van der Waals surface area contributed by atoms with Gasteiger partial charge in [-0.1, -0.05) is 29.8 Å². The van der Waals surface area contributed by atoms with Gasteiger partial charge in [-0.2, -0.15) is 4.98 Å². The summed E-state index contributed by atoms with van der Waals surface area (Å²) in [5, 5.41) is 9.22. The quantitative estimate of drug-likeness (QED) is 0.555. The second-order valence-corrected chi connectivity index (χ2v) is 7.54. The van der Waals surface area contributed by atoms with Crippen LogP contribution in [-0.4, -0.2) is 34.8 Å². The van der Waals surface area contributed by atoms with Gasteiger partial charge in [-0.05, 0) is 32.8 Å². The van der Waals surface area contributed by atoms with E-state index in [-0.39, 0.29) is 24.4 Å². The number of fused-ring (bicyclic) bond motifs is 3. The summed E-state index contributed by atoms with van der Waals surface area (Å²) in [6, 6.07) is 7.79. The van der Waals surface area contributed by atoms with E-state index >= 15 is 0 Å². The van der Waals surface area contributed by atoms with Crippen LogP contribution in [0.5, 0.6) is 0 Å². The maximum absolute atomic E-state index is 13.4. The predicted octanol–water partition coefficient (Wildman–Crippen LogP) is 1.51. The standard InChI is InChI=1S/C21H25N5O3/c1-13-6-8-16(9-7-13)12-25-19(28)17-18(23(4)21(25)29)22-20-24(10-5-11-27)14(2)15(3)26(17)20/h6-9,27H,5,10-12H2,1-4H3. The van der Waals surface area contributed by atoms with Gasteiger partial charge in [0.25, 0.3) is 5.56 Å². The predicted molar refractivity (Wildman–Crippen MR) is 112 cm³/mol. The molecule has 152 valence electrons. The van der Waals surface area contributed by atoms with Crippen molar-refractivity contribution in [1.29, 1.82) is 0 Å². The molecule has 3 aromatic heterocycles. The lowest BCUT2D eigenvalue weighted by atomic mass is 10.1. The fraction of sp³-hybridized carbons (Fsp3) is 0.381. The summed E-state index contributed by atoms with van der Waals surface area (Å²) < 4.78 is 6.51. The number of rotatable bonds is 5. The van der Waals surface area contributed by atoms with Crippen molar-refractivity contribution in [2.24, 2.45) is 7.05 Å². The number of aromatic nitrogens is 5. The molecule has 1 aromatic carbocycles. The van der Waals surface area contributed by atoms with Crippen molar-refractivity contribution < 1.29 is 5.11 Å². The van der Waals surface area contributed by atoms with Gasteiger partial charge in [-0.3, -0.25) is 18.3 Å². The molecule has 0 saturated heterocycles. The fourth-order valence-corrected chi connectivity index (χ4v) is 3.83. The number of hydrogen-bond acceptors (Lipinski definition) is 4. The van der Waals surface area contributed by atoms with Gasteiger partial charge in [-0.25, -0.2) is 4.79 Å². The largest absolute Gasteiger partial charge is 0.396 e. The number of nitrogens with zero attached hydrogens (tertiary/aromatic N) is 5. The topological polar surface area (TPSA) is 86.5 Å². The van der Waals surface area contributed by atoms with Crippen LogP contribution in [0.25, 0.3) is 16.9 Å². The first kappa shape index (κ1) is 19.2. The molecule has 0 saturated carbocycles. The SMILES string of the molecule is Cc1ccc(Cn2c(=O)c3c(nc4n(CCCO)c(C)c(C)n34)n(C)c2=O)cc1. The number of aliphatic hydroxyl groups is 1. The summed E-state index contributed by atoms with van der Waals surface area (Å²) in [7, 11) is 1.64. The first-order valence-electron chi connectivity index (χ1n) is 9.69. The van der Waals surface area contributed by atoms with Crippen LogP contribution in [0.15, 0.2) is 33.9 Å². The van der Waals surface area contributed by atoms with E-state index in [1.165, 1.54) is 9.13 Å². The number of aliphatic hydroxyl groups excluding tert-OH is 1. The van der Waals surface area contributed by atoms with Gasteiger partial charge in [0.05, 0.1) is 6.54 Å². The minimum Gasteiger partial charge on any atom is -0.396 e. The maximum atomic E-state index is 13.4. The molecule has 0 spiro atoms. The van der Waals surface area contributed by atoms with Crippen LogP contribution >= 0.6 is 0 Å². The second kappa shape index (κ2) is 7.04. The third-order valence-corrected chi connectivity index (χ3v) is 5.63. The molecule has 0 aliphatic carbocycles. The summed E-state index contributed by atoms with van der Waals surface area (Å²) >= 11 is 0. The minimum absolute atomic E-state index is 0.0743. The van der Waals surface area contributed by atoms with Gasteiger partial charge < -0.3 is 9.67 Å². The maximum Gasteiger partial charge on any atom is 0.332 e. The molecule has 4 aromatic rings. The molecule has 29 heavy (non-hydrogen) atoms. The van der Waals surface area contributed by atoms with Gasteiger partial charge in [0.15, 0.2) is 11.2 Å². The van der Waals surface area contributed by atoms with Crippen LogP contribution in [-0.2, 0) is 20.1 Å². The van der Waals surface area contributed by atoms with Crippen LogP contribution in [0.4, 0.5) is 0 Å². The van der Waals surface area contributed by atoms with Crippen molar-refractivity contribution in [3.05, 3.63) is 67.6 Å². The zero-order chi connectivity index (χ0) is 20.9. The second-order valence-electron chi connectivity index (χ2n) is 7.54. The van der Waals surface area contributed by atoms with Crippen LogP contribution in [0.2, 0.25) is 0 Å². The van der Waals surface area contributed by atoms with Crippen molar-refractivity contribution >= 4 is 16.9 Å². The minimum atomic E-state index is -0.389. The lowest BCUT2D eigenvalue weighted by molar-refractivity contribution is 0.280. The number of imidazole rings is 2. The highest BCUT2D eigenvalue weighted by molar-refractivity contribution is 5.76. The number of aryl methyl sites for hydroxylation is 4. The molecular formula is C21H25N5O3. The Morgan fingerprint density at radius 3 is 2.34 bits per heavy atom. The molecule has 3 heterocycles. The molecule has 0 fully saturated rings. The first-order valence-corrected chi connectivity index (χ1v) is 9.69. The summed E-state index contributed by atoms with van der Waals surface area (Å²) in [5.41, 5.74) is 3.94. The van der Waals surface area contributed by atoms with Gasteiger partial charge >= 0.3 is 5.69 Å². The third-order valence-electron chi connectivity index (χ3n) is 5.63. The molecule has 4 rings (SSSR count). The molecule has 1 N–H and O–H groups in total. The summed E-state index contributed by atoms with van der Waals surface area (Å²) in [5.74, 6) is 0.614. The zero-order valence-electron chi connectivity index (χ0n) is 17.1. The molecule has 0 bridgehead atoms. The molecule has 0 amide bonds. The Balaban J connectivity index is 2.00. The Morgan fingerprint density at radius 1 is 1.00 bits per heavy atom. The van der Waals surface area contributed by atoms with E-state index in [2.05, 4.69) is 4.98 Å². The molecule has 0 radical (unpaired) electrons. The zero-order valence-corrected chi connectivity index (χ0v) is 17.1.